The molecule has 0 saturated heterocycles. The van der Waals surface area contributed by atoms with Crippen LogP contribution in [0.15, 0.2) is 121 Å². The first-order valence-electron chi connectivity index (χ1n) is 28.7. The molecule has 452 valence electrons. The van der Waals surface area contributed by atoms with Crippen LogP contribution in [0, 0.1) is 40.5 Å². The largest absolute Gasteiger partial charge is 0.508 e. The number of unbranched alkanes of at least 4 members (excludes halogenated alkanes) is 16. The number of aromatic hydroxyl groups is 1. The third-order valence-electron chi connectivity index (χ3n) is 12.9. The second-order valence-corrected chi connectivity index (χ2v) is 19.8. The highest BCUT2D eigenvalue weighted by Gasteiger charge is 2.18. The lowest BCUT2D eigenvalue weighted by Crippen LogP contribution is -2.18. The lowest BCUT2D eigenvalue weighted by atomic mass is 10.1. The zero-order valence-corrected chi connectivity index (χ0v) is 47.9. The number of hydrogen-bond donors (Lipinski definition) is 2. The maximum absolute atomic E-state index is 12.6. The molecule has 4 aromatic rings. The van der Waals surface area contributed by atoms with Crippen LogP contribution >= 0.6 is 0 Å². The minimum absolute atomic E-state index is 0.0159. The molecule has 0 aliphatic rings. The van der Waals surface area contributed by atoms with Gasteiger partial charge in [0.2, 0.25) is 0 Å². The van der Waals surface area contributed by atoms with Gasteiger partial charge in [-0.3, -0.25) is 50.0 Å². The Balaban J connectivity index is 0.000000494. The summed E-state index contributed by atoms with van der Waals surface area (Å²) < 4.78 is 16.6. The molecule has 2 N–H and O–H groups in total. The maximum Gasteiger partial charge on any atom is 0.338 e. The van der Waals surface area contributed by atoms with E-state index in [0.717, 1.165) is 141 Å². The molecular formula is C62H82N4O17. The number of esters is 3. The standard InChI is InChI=1S/C31H40N2O8.C25H37NO6.C6H5NO3/c1-2-3-4-11-14-28(41-31(35)25-17-19-26(20-18-25)32(36)37)15-12-9-7-5-6-8-10-13-16-30(34)40-29-23-21-27(22-24-29)33(38)39;1-2-3-4-11-14-23(15-12-9-7-5-6-8-10-13-16-24(27)28)32-25(29)21-17-19-22(20-18-21)26(30)31;8-6-3-1-5(2-4-6)7(9)10/h9,12,17-24,28H,2-8,10-11,13-16H2,1H3;9,12,17-20,23H,2-8,10-11,13-16H2,1H3,(H,27,28);1-4,8H/b2*12-9-;/t28-;23-;/m11./s1. The Kier molecular flexibility index (Phi) is 37.0. The van der Waals surface area contributed by atoms with Crippen LogP contribution in [0.2, 0.25) is 0 Å². The molecule has 0 aliphatic carbocycles. The third-order valence-corrected chi connectivity index (χ3v) is 12.9. The van der Waals surface area contributed by atoms with Crippen molar-refractivity contribution in [1.29, 1.82) is 0 Å². The van der Waals surface area contributed by atoms with Gasteiger partial charge in [-0.05, 0) is 113 Å². The molecule has 4 rings (SSSR count). The van der Waals surface area contributed by atoms with E-state index in [9.17, 15) is 59.6 Å². The molecule has 83 heavy (non-hydrogen) atoms. The molecule has 0 heterocycles. The number of non-ortho nitro benzene ring substituents is 4. The monoisotopic (exact) mass is 1150 g/mol. The molecule has 0 aliphatic heterocycles. The fraction of sp³-hybridized carbons (Fsp3) is 0.484. The summed E-state index contributed by atoms with van der Waals surface area (Å²) in [7, 11) is 0. The van der Waals surface area contributed by atoms with E-state index < -0.39 is 37.6 Å². The Morgan fingerprint density at radius 2 is 0.783 bits per heavy atom. The number of nitro groups is 4. The van der Waals surface area contributed by atoms with Crippen molar-refractivity contribution in [2.24, 2.45) is 0 Å². The molecule has 21 nitrogen and oxygen atoms in total. The van der Waals surface area contributed by atoms with Gasteiger partial charge in [-0.1, -0.05) is 115 Å². The van der Waals surface area contributed by atoms with Crippen LogP contribution in [0.4, 0.5) is 22.7 Å². The number of carboxylic acid groups (broad SMARTS) is 1. The van der Waals surface area contributed by atoms with E-state index >= 15 is 0 Å². The molecule has 0 spiro atoms. The number of aliphatic carboxylic acids is 1. The molecular weight excluding hydrogens is 1070 g/mol. The van der Waals surface area contributed by atoms with E-state index in [1.54, 1.807) is 0 Å². The minimum Gasteiger partial charge on any atom is -0.508 e. The summed E-state index contributed by atoms with van der Waals surface area (Å²) >= 11 is 0. The van der Waals surface area contributed by atoms with Crippen molar-refractivity contribution in [2.75, 3.05) is 0 Å². The quantitative estimate of drug-likeness (QED) is 0.0105. The zero-order valence-electron chi connectivity index (χ0n) is 47.9. The summed E-state index contributed by atoms with van der Waals surface area (Å²) in [6.07, 6.45) is 31.5. The molecule has 0 fully saturated rings. The number of rotatable bonds is 39. The van der Waals surface area contributed by atoms with Crippen LogP contribution < -0.4 is 4.74 Å². The van der Waals surface area contributed by atoms with Crippen molar-refractivity contribution in [1.82, 2.24) is 0 Å². The summed E-state index contributed by atoms with van der Waals surface area (Å²) in [5.74, 6) is -1.66. The summed E-state index contributed by atoms with van der Waals surface area (Å²) in [6, 6.07) is 21.4. The maximum atomic E-state index is 12.6. The Morgan fingerprint density at radius 1 is 0.446 bits per heavy atom. The molecule has 2 atom stereocenters. The number of nitrogens with zero attached hydrogens (tertiary/aromatic N) is 4. The Hall–Kier alpha value is -8.36. The number of hydrogen-bond acceptors (Lipinski definition) is 16. The van der Waals surface area contributed by atoms with Crippen molar-refractivity contribution in [3.8, 4) is 11.5 Å². The van der Waals surface area contributed by atoms with Crippen molar-refractivity contribution in [2.45, 2.75) is 193 Å². The summed E-state index contributed by atoms with van der Waals surface area (Å²) in [4.78, 5) is 87.8. The van der Waals surface area contributed by atoms with Gasteiger partial charge >= 0.3 is 23.9 Å². The molecule has 0 radical (unpaired) electrons. The van der Waals surface area contributed by atoms with Crippen LogP contribution in [0.25, 0.3) is 0 Å². The zero-order chi connectivity index (χ0) is 61.0. The van der Waals surface area contributed by atoms with E-state index in [1.165, 1.54) is 97.1 Å². The van der Waals surface area contributed by atoms with Gasteiger partial charge in [0, 0.05) is 74.2 Å². The van der Waals surface area contributed by atoms with Gasteiger partial charge in [-0.25, -0.2) is 9.59 Å². The highest BCUT2D eigenvalue weighted by molar-refractivity contribution is 5.90. The van der Waals surface area contributed by atoms with Crippen LogP contribution in [0.1, 0.15) is 202 Å². The lowest BCUT2D eigenvalue weighted by molar-refractivity contribution is -0.385. The molecule has 21 heteroatoms. The van der Waals surface area contributed by atoms with Crippen molar-refractivity contribution in [3.63, 3.8) is 0 Å². The number of phenols is 1. The summed E-state index contributed by atoms with van der Waals surface area (Å²) in [5.41, 5.74) is 0.437. The number of carbonyl (C=O) groups excluding carboxylic acids is 3. The SMILES string of the molecule is CCCCCC[C@H](C/C=C\CCCCCCCC(=O)O)OC(=O)c1ccc([N+](=O)[O-])cc1.CCCCCC[C@H](C/C=C\CCCCCCCC(=O)Oc1ccc([N+](=O)[O-])cc1)OC(=O)c1ccc([N+](=O)[O-])cc1.O=[N+]([O-])c1ccc(O)cc1. The van der Waals surface area contributed by atoms with Crippen molar-refractivity contribution < 1.29 is 63.3 Å². The van der Waals surface area contributed by atoms with Gasteiger partial charge < -0.3 is 24.4 Å². The third kappa shape index (κ3) is 33.9. The number of phenolic OH excluding ortho intramolecular Hbond substituents is 1. The van der Waals surface area contributed by atoms with Gasteiger partial charge in [0.05, 0.1) is 30.8 Å². The van der Waals surface area contributed by atoms with Crippen LogP contribution in [0.5, 0.6) is 11.5 Å². The van der Waals surface area contributed by atoms with E-state index in [-0.39, 0.29) is 53.1 Å². The van der Waals surface area contributed by atoms with Gasteiger partial charge in [0.1, 0.15) is 23.7 Å². The average Bonchev–Trinajstić information content (AvgIpc) is 3.46. The second-order valence-electron chi connectivity index (χ2n) is 19.8. The summed E-state index contributed by atoms with van der Waals surface area (Å²) in [6.45, 7) is 4.30. The van der Waals surface area contributed by atoms with E-state index in [2.05, 4.69) is 38.2 Å². The van der Waals surface area contributed by atoms with Gasteiger partial charge in [-0.2, -0.15) is 0 Å². The normalized spacial score (nSPS) is 11.5. The van der Waals surface area contributed by atoms with E-state index in [4.69, 9.17) is 24.4 Å². The predicted octanol–water partition coefficient (Wildman–Crippen LogP) is 16.4. The number of carboxylic acids is 1. The summed E-state index contributed by atoms with van der Waals surface area (Å²) in [5, 5.41) is 59.7. The number of nitro benzene ring substituents is 4. The predicted molar refractivity (Wildman–Crippen MR) is 315 cm³/mol. The smallest absolute Gasteiger partial charge is 0.338 e. The number of carbonyl (C=O) groups is 4. The Labute approximate surface area is 485 Å². The van der Waals surface area contributed by atoms with Crippen molar-refractivity contribution >= 4 is 46.6 Å². The highest BCUT2D eigenvalue weighted by Crippen LogP contribution is 2.22. The van der Waals surface area contributed by atoms with Crippen LogP contribution in [0.3, 0.4) is 0 Å². The Bertz CT molecular complexity index is 2610. The first-order chi connectivity index (χ1) is 39.9. The first kappa shape index (κ1) is 70.7. The van der Waals surface area contributed by atoms with Crippen LogP contribution in [-0.4, -0.2) is 66.0 Å². The molecule has 0 bridgehead atoms. The number of ether oxygens (including phenoxy) is 3. The molecule has 0 unspecified atom stereocenters. The first-order valence-corrected chi connectivity index (χ1v) is 28.7. The minimum atomic E-state index is -0.730. The molecule has 0 saturated carbocycles. The van der Waals surface area contributed by atoms with E-state index in [1.807, 2.05) is 0 Å². The van der Waals surface area contributed by atoms with Gasteiger partial charge in [-0.15, -0.1) is 0 Å². The fourth-order valence-electron chi connectivity index (χ4n) is 8.18. The van der Waals surface area contributed by atoms with Gasteiger partial charge in [0.25, 0.3) is 22.7 Å². The number of benzene rings is 4. The molecule has 0 aromatic heterocycles. The topological polar surface area (TPSA) is 309 Å². The Morgan fingerprint density at radius 3 is 1.16 bits per heavy atom. The van der Waals surface area contributed by atoms with Crippen LogP contribution in [-0.2, 0) is 19.1 Å². The number of allylic oxidation sites excluding steroid dienone is 2. The highest BCUT2D eigenvalue weighted by atomic mass is 16.6. The average molecular weight is 1160 g/mol. The fourth-order valence-corrected chi connectivity index (χ4v) is 8.18. The molecule has 0 amide bonds. The second kappa shape index (κ2) is 43.4. The molecule has 4 aromatic carbocycles. The van der Waals surface area contributed by atoms with Crippen molar-refractivity contribution in [3.05, 3.63) is 173 Å². The van der Waals surface area contributed by atoms with E-state index in [0.29, 0.717) is 36.1 Å². The lowest BCUT2D eigenvalue weighted by Gasteiger charge is -2.16. The van der Waals surface area contributed by atoms with Gasteiger partial charge in [0.15, 0.2) is 0 Å².